The second-order valence-electron chi connectivity index (χ2n) is 5.91. The van der Waals surface area contributed by atoms with Gasteiger partial charge in [-0.25, -0.2) is 0 Å². The second-order valence-corrected chi connectivity index (χ2v) is 5.91. The fraction of sp³-hybridized carbons (Fsp3) is 0.0952. The number of rotatable bonds is 6. The van der Waals surface area contributed by atoms with E-state index in [1.807, 2.05) is 12.1 Å². The Bertz CT molecular complexity index is 1000. The molecule has 0 bridgehead atoms. The summed E-state index contributed by atoms with van der Waals surface area (Å²) in [5, 5.41) is 15.0. The zero-order valence-corrected chi connectivity index (χ0v) is 14.7. The Balaban J connectivity index is 1.66. The third-order valence-corrected chi connectivity index (χ3v) is 3.97. The van der Waals surface area contributed by atoms with Gasteiger partial charge in [-0.2, -0.15) is 5.26 Å². The molecule has 2 aromatic carbocycles. The Morgan fingerprint density at radius 3 is 2.52 bits per heavy atom. The molecule has 3 rings (SSSR count). The second kappa shape index (κ2) is 8.02. The predicted molar refractivity (Wildman–Crippen MR) is 102 cm³/mol. The van der Waals surface area contributed by atoms with E-state index in [4.69, 9.17) is 9.68 Å². The van der Waals surface area contributed by atoms with Crippen molar-refractivity contribution in [3.63, 3.8) is 0 Å². The van der Waals surface area contributed by atoms with E-state index in [1.165, 1.54) is 13.2 Å². The van der Waals surface area contributed by atoms with Crippen molar-refractivity contribution in [3.8, 4) is 6.07 Å². The summed E-state index contributed by atoms with van der Waals surface area (Å²) in [6.07, 6.45) is 1.44. The number of hydrogen-bond acceptors (Lipinski definition) is 5. The Hall–Kier alpha value is -3.85. The van der Waals surface area contributed by atoms with E-state index < -0.39 is 0 Å². The van der Waals surface area contributed by atoms with Crippen molar-refractivity contribution in [1.29, 1.82) is 5.26 Å². The molecule has 3 aromatic rings. The van der Waals surface area contributed by atoms with E-state index in [1.54, 1.807) is 42.5 Å². The average Bonchev–Trinajstić information content (AvgIpc) is 3.22. The number of nitriles is 1. The number of Topliss-reactive ketones (excluding diaryl/α,β-unsaturated/α-hetero) is 1. The molecule has 6 heteroatoms. The van der Waals surface area contributed by atoms with Crippen LogP contribution in [-0.2, 0) is 6.54 Å². The zero-order chi connectivity index (χ0) is 19.2. The Labute approximate surface area is 156 Å². The van der Waals surface area contributed by atoms with Crippen molar-refractivity contribution in [1.82, 2.24) is 0 Å². The van der Waals surface area contributed by atoms with Gasteiger partial charge in [-0.05, 0) is 55.0 Å². The number of nitrogens with zero attached hydrogens (tertiary/aromatic N) is 1. The fourth-order valence-electron chi connectivity index (χ4n) is 2.57. The van der Waals surface area contributed by atoms with E-state index in [-0.39, 0.29) is 17.5 Å². The Kier molecular flexibility index (Phi) is 5.33. The molecule has 0 radical (unpaired) electrons. The maximum Gasteiger partial charge on any atom is 0.291 e. The molecule has 1 amide bonds. The lowest BCUT2D eigenvalue weighted by Crippen LogP contribution is -2.11. The van der Waals surface area contributed by atoms with Gasteiger partial charge in [0.1, 0.15) is 0 Å². The zero-order valence-electron chi connectivity index (χ0n) is 14.7. The van der Waals surface area contributed by atoms with Crippen LogP contribution in [0.2, 0.25) is 0 Å². The van der Waals surface area contributed by atoms with Crippen LogP contribution in [0.4, 0.5) is 11.4 Å². The molecular weight excluding hydrogens is 342 g/mol. The molecule has 0 unspecified atom stereocenters. The van der Waals surface area contributed by atoms with Gasteiger partial charge in [-0.3, -0.25) is 9.59 Å². The number of anilines is 2. The predicted octanol–water partition coefficient (Wildman–Crippen LogP) is 4.22. The lowest BCUT2D eigenvalue weighted by Gasteiger charge is -2.11. The first-order valence-electron chi connectivity index (χ1n) is 8.29. The van der Waals surface area contributed by atoms with Crippen LogP contribution in [0.5, 0.6) is 0 Å². The van der Waals surface area contributed by atoms with E-state index in [0.29, 0.717) is 29.0 Å². The van der Waals surface area contributed by atoms with Crippen molar-refractivity contribution < 1.29 is 14.0 Å². The van der Waals surface area contributed by atoms with Crippen LogP contribution in [0.25, 0.3) is 0 Å². The highest BCUT2D eigenvalue weighted by molar-refractivity contribution is 6.02. The molecule has 134 valence electrons. The topological polar surface area (TPSA) is 95.1 Å². The standard InChI is InChI=1S/C21H17N3O3/c1-14(25)18-9-6-16(12-22)11-19(18)23-13-15-4-7-17(8-5-15)24-21(26)20-3-2-10-27-20/h2-11,23H,13H2,1H3,(H,24,26). The highest BCUT2D eigenvalue weighted by Gasteiger charge is 2.10. The fourth-order valence-corrected chi connectivity index (χ4v) is 2.57. The Morgan fingerprint density at radius 1 is 1.11 bits per heavy atom. The number of furan rings is 1. The largest absolute Gasteiger partial charge is 0.459 e. The molecule has 27 heavy (non-hydrogen) atoms. The molecule has 0 saturated heterocycles. The lowest BCUT2D eigenvalue weighted by molar-refractivity contribution is 0.0993. The number of amides is 1. The van der Waals surface area contributed by atoms with Gasteiger partial charge in [0.05, 0.1) is 17.9 Å². The summed E-state index contributed by atoms with van der Waals surface area (Å²) >= 11 is 0. The third-order valence-electron chi connectivity index (χ3n) is 3.97. The first kappa shape index (κ1) is 18.0. The van der Waals surface area contributed by atoms with Crippen LogP contribution in [0.3, 0.4) is 0 Å². The molecule has 1 heterocycles. The molecule has 1 aromatic heterocycles. The van der Waals surface area contributed by atoms with Crippen LogP contribution in [0, 0.1) is 11.3 Å². The van der Waals surface area contributed by atoms with Gasteiger partial charge in [-0.15, -0.1) is 0 Å². The van der Waals surface area contributed by atoms with E-state index >= 15 is 0 Å². The summed E-state index contributed by atoms with van der Waals surface area (Å²) in [4.78, 5) is 23.7. The van der Waals surface area contributed by atoms with Gasteiger partial charge in [0.2, 0.25) is 0 Å². The summed E-state index contributed by atoms with van der Waals surface area (Å²) in [5.74, 6) is -0.141. The highest BCUT2D eigenvalue weighted by Crippen LogP contribution is 2.20. The normalized spacial score (nSPS) is 10.1. The molecule has 0 aliphatic carbocycles. The van der Waals surface area contributed by atoms with E-state index in [9.17, 15) is 9.59 Å². The van der Waals surface area contributed by atoms with Gasteiger partial charge in [0.25, 0.3) is 5.91 Å². The van der Waals surface area contributed by atoms with Crippen molar-refractivity contribution in [2.75, 3.05) is 10.6 Å². The third kappa shape index (κ3) is 4.41. The molecule has 0 atom stereocenters. The summed E-state index contributed by atoms with van der Waals surface area (Å²) in [6.45, 7) is 1.96. The van der Waals surface area contributed by atoms with Crippen molar-refractivity contribution in [2.24, 2.45) is 0 Å². The molecule has 0 spiro atoms. The number of carbonyl (C=O) groups excluding carboxylic acids is 2. The number of ketones is 1. The molecule has 0 aliphatic rings. The lowest BCUT2D eigenvalue weighted by atomic mass is 10.1. The summed E-state index contributed by atoms with van der Waals surface area (Å²) in [7, 11) is 0. The molecule has 0 saturated carbocycles. The first-order valence-corrected chi connectivity index (χ1v) is 8.29. The number of nitrogens with one attached hydrogen (secondary N) is 2. The minimum absolute atomic E-state index is 0.0713. The van der Waals surface area contributed by atoms with Crippen molar-refractivity contribution in [3.05, 3.63) is 83.3 Å². The van der Waals surface area contributed by atoms with Crippen molar-refractivity contribution in [2.45, 2.75) is 13.5 Å². The Morgan fingerprint density at radius 2 is 1.89 bits per heavy atom. The SMILES string of the molecule is CC(=O)c1ccc(C#N)cc1NCc1ccc(NC(=O)c2ccco2)cc1. The van der Waals surface area contributed by atoms with Gasteiger partial charge in [0, 0.05) is 23.5 Å². The maximum absolute atomic E-state index is 12.0. The minimum Gasteiger partial charge on any atom is -0.459 e. The van der Waals surface area contributed by atoms with E-state index in [2.05, 4.69) is 16.7 Å². The monoisotopic (exact) mass is 359 g/mol. The molecule has 0 aliphatic heterocycles. The highest BCUT2D eigenvalue weighted by atomic mass is 16.3. The quantitative estimate of drug-likeness (QED) is 0.643. The maximum atomic E-state index is 12.0. The van der Waals surface area contributed by atoms with Gasteiger partial charge < -0.3 is 15.1 Å². The number of benzene rings is 2. The van der Waals surface area contributed by atoms with Crippen LogP contribution in [0.15, 0.2) is 65.3 Å². The summed E-state index contributed by atoms with van der Waals surface area (Å²) in [6, 6.07) is 17.6. The van der Waals surface area contributed by atoms with Crippen molar-refractivity contribution >= 4 is 23.1 Å². The van der Waals surface area contributed by atoms with Gasteiger partial charge in [0.15, 0.2) is 11.5 Å². The average molecular weight is 359 g/mol. The molecular formula is C21H17N3O3. The number of hydrogen-bond donors (Lipinski definition) is 2. The van der Waals surface area contributed by atoms with Crippen LogP contribution in [-0.4, -0.2) is 11.7 Å². The molecule has 6 nitrogen and oxygen atoms in total. The van der Waals surface area contributed by atoms with Crippen LogP contribution in [0.1, 0.15) is 39.0 Å². The van der Waals surface area contributed by atoms with Gasteiger partial charge >= 0.3 is 0 Å². The summed E-state index contributed by atoms with van der Waals surface area (Å²) < 4.78 is 5.06. The van der Waals surface area contributed by atoms with Crippen LogP contribution >= 0.6 is 0 Å². The van der Waals surface area contributed by atoms with Crippen LogP contribution < -0.4 is 10.6 Å². The molecule has 2 N–H and O–H groups in total. The smallest absolute Gasteiger partial charge is 0.291 e. The van der Waals surface area contributed by atoms with E-state index in [0.717, 1.165) is 5.56 Å². The number of carbonyl (C=O) groups is 2. The first-order chi connectivity index (χ1) is 13.1. The minimum atomic E-state index is -0.315. The van der Waals surface area contributed by atoms with Gasteiger partial charge in [-0.1, -0.05) is 12.1 Å². The summed E-state index contributed by atoms with van der Waals surface area (Å²) in [5.41, 5.74) is 3.26. The molecule has 0 fully saturated rings.